The molecule has 2 fully saturated rings. The summed E-state index contributed by atoms with van der Waals surface area (Å²) in [6.45, 7) is 0. The van der Waals surface area contributed by atoms with E-state index in [1.54, 1.807) is 0 Å². The number of rotatable bonds is 3. The Hall–Kier alpha value is -1.05. The molecule has 15 heavy (non-hydrogen) atoms. The van der Waals surface area contributed by atoms with Gasteiger partial charge in [-0.05, 0) is 49.1 Å². The lowest BCUT2D eigenvalue weighted by Crippen LogP contribution is -2.15. The van der Waals surface area contributed by atoms with Crippen LogP contribution in [0, 0.1) is 17.8 Å². The summed E-state index contributed by atoms with van der Waals surface area (Å²) < 4.78 is 0. The normalized spacial score (nSPS) is 33.5. The highest BCUT2D eigenvalue weighted by Crippen LogP contribution is 2.49. The Morgan fingerprint density at radius 2 is 2.33 bits per heavy atom. The Balaban J connectivity index is 1.64. The first kappa shape index (κ1) is 9.20. The number of carbonyl (C=O) groups excluding carboxylic acids is 1. The first-order valence-corrected chi connectivity index (χ1v) is 5.99. The summed E-state index contributed by atoms with van der Waals surface area (Å²) in [5.41, 5.74) is 0.790. The van der Waals surface area contributed by atoms with Gasteiger partial charge in [-0.3, -0.25) is 4.79 Å². The lowest BCUT2D eigenvalue weighted by molar-refractivity contribution is 0.0940. The third-order valence-corrected chi connectivity index (χ3v) is 4.23. The molecule has 0 saturated heterocycles. The summed E-state index contributed by atoms with van der Waals surface area (Å²) in [6.07, 6.45) is 8.07. The fourth-order valence-electron chi connectivity index (χ4n) is 3.48. The first-order valence-electron chi connectivity index (χ1n) is 5.99. The zero-order valence-corrected chi connectivity index (χ0v) is 8.91. The van der Waals surface area contributed by atoms with E-state index in [4.69, 9.17) is 0 Å². The predicted octanol–water partition coefficient (Wildman–Crippen LogP) is 3.02. The molecule has 1 heterocycles. The monoisotopic (exact) mass is 203 g/mol. The molecule has 0 aliphatic heterocycles. The van der Waals surface area contributed by atoms with Gasteiger partial charge in [0.1, 0.15) is 0 Å². The van der Waals surface area contributed by atoms with Gasteiger partial charge < -0.3 is 4.98 Å². The van der Waals surface area contributed by atoms with Crippen LogP contribution in [-0.2, 0) is 0 Å². The Morgan fingerprint density at radius 3 is 2.93 bits per heavy atom. The van der Waals surface area contributed by atoms with Gasteiger partial charge in [0.05, 0.1) is 5.69 Å². The van der Waals surface area contributed by atoms with Crippen molar-refractivity contribution in [3.8, 4) is 0 Å². The second-order valence-electron chi connectivity index (χ2n) is 5.15. The zero-order valence-electron chi connectivity index (χ0n) is 8.91. The number of nitrogens with one attached hydrogen (secondary N) is 1. The molecule has 2 nitrogen and oxygen atoms in total. The standard InChI is InChI=1S/C13H17NO/c15-13(12-2-1-5-14-12)8-11-7-9-3-4-10(11)6-9/h1-2,5,9-11,14H,3-4,6-8H2. The molecule has 3 unspecified atom stereocenters. The van der Waals surface area contributed by atoms with Gasteiger partial charge in [-0.2, -0.15) is 0 Å². The molecule has 1 aromatic rings. The summed E-state index contributed by atoms with van der Waals surface area (Å²) in [7, 11) is 0. The highest BCUT2D eigenvalue weighted by atomic mass is 16.1. The summed E-state index contributed by atoms with van der Waals surface area (Å²) in [5.74, 6) is 2.78. The Morgan fingerprint density at radius 1 is 1.40 bits per heavy atom. The topological polar surface area (TPSA) is 32.9 Å². The molecule has 3 rings (SSSR count). The molecule has 2 heteroatoms. The molecule has 2 aliphatic carbocycles. The third-order valence-electron chi connectivity index (χ3n) is 4.23. The van der Waals surface area contributed by atoms with Crippen molar-refractivity contribution < 1.29 is 4.79 Å². The van der Waals surface area contributed by atoms with Crippen LogP contribution in [0.25, 0.3) is 0 Å². The molecule has 80 valence electrons. The minimum absolute atomic E-state index is 0.303. The predicted molar refractivity (Wildman–Crippen MR) is 58.7 cm³/mol. The van der Waals surface area contributed by atoms with Gasteiger partial charge in [-0.25, -0.2) is 0 Å². The molecule has 0 amide bonds. The largest absolute Gasteiger partial charge is 0.359 e. The van der Waals surface area contributed by atoms with E-state index in [1.807, 2.05) is 18.3 Å². The van der Waals surface area contributed by atoms with Crippen LogP contribution in [0.2, 0.25) is 0 Å². The van der Waals surface area contributed by atoms with Gasteiger partial charge in [0.25, 0.3) is 0 Å². The molecule has 2 saturated carbocycles. The molecule has 1 aromatic heterocycles. The highest BCUT2D eigenvalue weighted by molar-refractivity contribution is 5.94. The van der Waals surface area contributed by atoms with Gasteiger partial charge in [-0.15, -0.1) is 0 Å². The number of Topliss-reactive ketones (excluding diaryl/α,β-unsaturated/α-hetero) is 1. The van der Waals surface area contributed by atoms with E-state index in [0.29, 0.717) is 11.7 Å². The summed E-state index contributed by atoms with van der Waals surface area (Å²) in [6, 6.07) is 3.78. The van der Waals surface area contributed by atoms with E-state index in [9.17, 15) is 4.79 Å². The van der Waals surface area contributed by atoms with Gasteiger partial charge in [-0.1, -0.05) is 6.42 Å². The molecule has 3 atom stereocenters. The molecular weight excluding hydrogens is 186 g/mol. The number of carbonyl (C=O) groups is 1. The molecule has 0 aromatic carbocycles. The molecular formula is C13H17NO. The van der Waals surface area contributed by atoms with Crippen molar-refractivity contribution in [2.24, 2.45) is 17.8 Å². The number of aromatic nitrogens is 1. The minimum atomic E-state index is 0.303. The number of ketones is 1. The highest BCUT2D eigenvalue weighted by Gasteiger charge is 2.40. The Kier molecular flexibility index (Phi) is 2.15. The molecule has 2 bridgehead atoms. The molecule has 0 radical (unpaired) electrons. The van der Waals surface area contributed by atoms with Crippen LogP contribution in [0.4, 0.5) is 0 Å². The number of fused-ring (bicyclic) bond motifs is 2. The van der Waals surface area contributed by atoms with Crippen LogP contribution in [0.3, 0.4) is 0 Å². The average molecular weight is 203 g/mol. The minimum Gasteiger partial charge on any atom is -0.359 e. The second kappa shape index (κ2) is 3.51. The number of hydrogen-bond donors (Lipinski definition) is 1. The Bertz CT molecular complexity index is 355. The summed E-state index contributed by atoms with van der Waals surface area (Å²) in [5, 5.41) is 0. The summed E-state index contributed by atoms with van der Waals surface area (Å²) in [4.78, 5) is 14.9. The maximum Gasteiger partial charge on any atom is 0.179 e. The van der Waals surface area contributed by atoms with Crippen molar-refractivity contribution in [2.45, 2.75) is 32.1 Å². The van der Waals surface area contributed by atoms with Gasteiger partial charge in [0.15, 0.2) is 5.78 Å². The fraction of sp³-hybridized carbons (Fsp3) is 0.615. The van der Waals surface area contributed by atoms with Crippen LogP contribution in [0.5, 0.6) is 0 Å². The number of aromatic amines is 1. The average Bonchev–Trinajstić information content (AvgIpc) is 2.95. The van der Waals surface area contributed by atoms with Crippen molar-refractivity contribution in [3.63, 3.8) is 0 Å². The Labute approximate surface area is 90.1 Å². The maximum absolute atomic E-state index is 11.9. The van der Waals surface area contributed by atoms with Crippen molar-refractivity contribution in [1.82, 2.24) is 4.98 Å². The van der Waals surface area contributed by atoms with Crippen LogP contribution in [-0.4, -0.2) is 10.8 Å². The van der Waals surface area contributed by atoms with Crippen molar-refractivity contribution in [2.75, 3.05) is 0 Å². The van der Waals surface area contributed by atoms with E-state index in [-0.39, 0.29) is 0 Å². The van der Waals surface area contributed by atoms with Gasteiger partial charge >= 0.3 is 0 Å². The van der Waals surface area contributed by atoms with E-state index in [1.165, 1.54) is 25.7 Å². The summed E-state index contributed by atoms with van der Waals surface area (Å²) >= 11 is 0. The molecule has 2 aliphatic rings. The third kappa shape index (κ3) is 1.62. The molecule has 1 N–H and O–H groups in total. The van der Waals surface area contributed by atoms with Crippen molar-refractivity contribution in [3.05, 3.63) is 24.0 Å². The quantitative estimate of drug-likeness (QED) is 0.752. The number of H-pyrrole nitrogens is 1. The molecule has 0 spiro atoms. The van der Waals surface area contributed by atoms with E-state index in [2.05, 4.69) is 4.98 Å². The number of hydrogen-bond acceptors (Lipinski definition) is 1. The van der Waals surface area contributed by atoms with Crippen LogP contribution < -0.4 is 0 Å². The van der Waals surface area contributed by atoms with Gasteiger partial charge in [0, 0.05) is 12.6 Å². The second-order valence-corrected chi connectivity index (χ2v) is 5.15. The van der Waals surface area contributed by atoms with E-state index in [0.717, 1.165) is 24.0 Å². The van der Waals surface area contributed by atoms with E-state index >= 15 is 0 Å². The van der Waals surface area contributed by atoms with Crippen LogP contribution >= 0.6 is 0 Å². The van der Waals surface area contributed by atoms with E-state index < -0.39 is 0 Å². The van der Waals surface area contributed by atoms with Crippen LogP contribution in [0.1, 0.15) is 42.6 Å². The van der Waals surface area contributed by atoms with Gasteiger partial charge in [0.2, 0.25) is 0 Å². The fourth-order valence-corrected chi connectivity index (χ4v) is 3.48. The lowest BCUT2D eigenvalue weighted by atomic mass is 9.85. The lowest BCUT2D eigenvalue weighted by Gasteiger charge is -2.20. The SMILES string of the molecule is O=C(CC1CC2CCC1C2)c1ccc[nH]1. The van der Waals surface area contributed by atoms with Crippen molar-refractivity contribution >= 4 is 5.78 Å². The zero-order chi connectivity index (χ0) is 10.3. The van der Waals surface area contributed by atoms with Crippen LogP contribution in [0.15, 0.2) is 18.3 Å². The first-order chi connectivity index (χ1) is 7.33. The maximum atomic E-state index is 11.9. The van der Waals surface area contributed by atoms with Crippen molar-refractivity contribution in [1.29, 1.82) is 0 Å². The smallest absolute Gasteiger partial charge is 0.179 e.